The molecule has 1 aromatic carbocycles. The summed E-state index contributed by atoms with van der Waals surface area (Å²) in [5.74, 6) is 2.32. The Hall–Kier alpha value is -2.49. The van der Waals surface area contributed by atoms with Crippen LogP contribution >= 0.6 is 11.6 Å². The van der Waals surface area contributed by atoms with E-state index in [1.807, 2.05) is 23.8 Å². The van der Waals surface area contributed by atoms with E-state index in [1.54, 1.807) is 24.4 Å². The molecule has 1 aliphatic heterocycles. The van der Waals surface area contributed by atoms with Crippen LogP contribution in [0.1, 0.15) is 5.82 Å². The van der Waals surface area contributed by atoms with Gasteiger partial charge in [0.15, 0.2) is 0 Å². The van der Waals surface area contributed by atoms with Gasteiger partial charge >= 0.3 is 0 Å². The number of aromatic nitrogens is 4. The maximum Gasteiger partial charge on any atom is 0.244 e. The standard InChI is InChI=1S/C18H19ClN6O2S/c1-14-20-6-7-25(14)18-12-17(21-13-22-18)23-8-10-24(11-9-23)28(26,27)16-5-3-2-4-15(16)19/h2-7,12-13H,8-11H2,1H3. The highest BCUT2D eigenvalue weighted by molar-refractivity contribution is 7.89. The Kier molecular flexibility index (Phi) is 5.05. The first kappa shape index (κ1) is 18.9. The van der Waals surface area contributed by atoms with Crippen LogP contribution in [-0.4, -0.2) is 58.4 Å². The van der Waals surface area contributed by atoms with Gasteiger partial charge in [-0.3, -0.25) is 4.57 Å². The molecular weight excluding hydrogens is 400 g/mol. The van der Waals surface area contributed by atoms with Gasteiger partial charge < -0.3 is 4.90 Å². The van der Waals surface area contributed by atoms with Gasteiger partial charge in [0.1, 0.15) is 28.7 Å². The molecule has 1 fully saturated rings. The van der Waals surface area contributed by atoms with Crippen LogP contribution in [0.15, 0.2) is 53.9 Å². The van der Waals surface area contributed by atoms with E-state index in [2.05, 4.69) is 19.9 Å². The Labute approximate surface area is 168 Å². The molecule has 146 valence electrons. The number of rotatable bonds is 4. The topological polar surface area (TPSA) is 84.2 Å². The van der Waals surface area contributed by atoms with E-state index in [0.717, 1.165) is 17.5 Å². The average molecular weight is 419 g/mol. The van der Waals surface area contributed by atoms with Gasteiger partial charge in [-0.15, -0.1) is 0 Å². The van der Waals surface area contributed by atoms with Crippen LogP contribution in [0.25, 0.3) is 5.82 Å². The van der Waals surface area contributed by atoms with Crippen LogP contribution in [0.5, 0.6) is 0 Å². The largest absolute Gasteiger partial charge is 0.354 e. The van der Waals surface area contributed by atoms with Crippen molar-refractivity contribution in [3.63, 3.8) is 0 Å². The van der Waals surface area contributed by atoms with Gasteiger partial charge in [-0.25, -0.2) is 23.4 Å². The van der Waals surface area contributed by atoms with Crippen molar-refractivity contribution in [3.8, 4) is 5.82 Å². The van der Waals surface area contributed by atoms with Crippen LogP contribution in [0.4, 0.5) is 5.82 Å². The molecule has 0 radical (unpaired) electrons. The maximum atomic E-state index is 12.9. The summed E-state index contributed by atoms with van der Waals surface area (Å²) in [5.41, 5.74) is 0. The van der Waals surface area contributed by atoms with Crippen molar-refractivity contribution in [2.45, 2.75) is 11.8 Å². The summed E-state index contributed by atoms with van der Waals surface area (Å²) >= 11 is 6.09. The quantitative estimate of drug-likeness (QED) is 0.645. The predicted octanol–water partition coefficient (Wildman–Crippen LogP) is 2.14. The molecule has 0 unspecified atom stereocenters. The van der Waals surface area contributed by atoms with Crippen molar-refractivity contribution in [1.82, 2.24) is 23.8 Å². The molecule has 1 aliphatic rings. The lowest BCUT2D eigenvalue weighted by atomic mass is 10.3. The van der Waals surface area contributed by atoms with Gasteiger partial charge in [0.05, 0.1) is 5.02 Å². The van der Waals surface area contributed by atoms with Gasteiger partial charge in [0.2, 0.25) is 10.0 Å². The molecule has 0 aliphatic carbocycles. The monoisotopic (exact) mass is 418 g/mol. The van der Waals surface area contributed by atoms with Crippen molar-refractivity contribution in [1.29, 1.82) is 0 Å². The van der Waals surface area contributed by atoms with Gasteiger partial charge in [-0.05, 0) is 19.1 Å². The molecule has 0 atom stereocenters. The summed E-state index contributed by atoms with van der Waals surface area (Å²) in [6.45, 7) is 3.68. The van der Waals surface area contributed by atoms with Crippen molar-refractivity contribution in [2.75, 3.05) is 31.1 Å². The molecule has 0 N–H and O–H groups in total. The number of sulfonamides is 1. The molecule has 3 heterocycles. The number of anilines is 1. The number of nitrogens with zero attached hydrogens (tertiary/aromatic N) is 6. The van der Waals surface area contributed by atoms with Crippen LogP contribution in [0.3, 0.4) is 0 Å². The van der Waals surface area contributed by atoms with Crippen molar-refractivity contribution >= 4 is 27.4 Å². The number of imidazole rings is 1. The van der Waals surface area contributed by atoms with E-state index in [0.29, 0.717) is 26.2 Å². The van der Waals surface area contributed by atoms with Crippen molar-refractivity contribution in [3.05, 3.63) is 59.9 Å². The number of halogens is 1. The van der Waals surface area contributed by atoms with E-state index >= 15 is 0 Å². The first-order chi connectivity index (χ1) is 13.5. The zero-order chi connectivity index (χ0) is 19.7. The van der Waals surface area contributed by atoms with Gasteiger partial charge in [0, 0.05) is 44.6 Å². The molecule has 2 aromatic heterocycles. The summed E-state index contributed by atoms with van der Waals surface area (Å²) in [4.78, 5) is 15.1. The third kappa shape index (κ3) is 3.48. The molecule has 8 nitrogen and oxygen atoms in total. The third-order valence-corrected chi connectivity index (χ3v) is 7.13. The first-order valence-corrected chi connectivity index (χ1v) is 10.6. The molecule has 0 saturated carbocycles. The first-order valence-electron chi connectivity index (χ1n) is 8.79. The van der Waals surface area contributed by atoms with Gasteiger partial charge in [-0.2, -0.15) is 4.31 Å². The van der Waals surface area contributed by atoms with Crippen LogP contribution in [0, 0.1) is 6.92 Å². The predicted molar refractivity (Wildman–Crippen MR) is 106 cm³/mol. The van der Waals surface area contributed by atoms with E-state index in [9.17, 15) is 8.42 Å². The highest BCUT2D eigenvalue weighted by atomic mass is 35.5. The highest BCUT2D eigenvalue weighted by Gasteiger charge is 2.30. The van der Waals surface area contributed by atoms with Gasteiger partial charge in [-0.1, -0.05) is 23.7 Å². The lowest BCUT2D eigenvalue weighted by Gasteiger charge is -2.34. The Morgan fingerprint density at radius 2 is 1.71 bits per heavy atom. The number of benzene rings is 1. The van der Waals surface area contributed by atoms with E-state index in [1.165, 1.54) is 16.7 Å². The van der Waals surface area contributed by atoms with Gasteiger partial charge in [0.25, 0.3) is 0 Å². The van der Waals surface area contributed by atoms with E-state index in [-0.39, 0.29) is 9.92 Å². The van der Waals surface area contributed by atoms with Crippen molar-refractivity contribution in [2.24, 2.45) is 0 Å². The number of hydrogen-bond acceptors (Lipinski definition) is 6. The SMILES string of the molecule is Cc1nccn1-c1cc(N2CCN(S(=O)(=O)c3ccccc3Cl)CC2)ncn1. The van der Waals surface area contributed by atoms with Crippen molar-refractivity contribution < 1.29 is 8.42 Å². The molecule has 0 spiro atoms. The third-order valence-electron chi connectivity index (χ3n) is 4.73. The molecule has 10 heteroatoms. The minimum Gasteiger partial charge on any atom is -0.354 e. The second kappa shape index (κ2) is 7.50. The summed E-state index contributed by atoms with van der Waals surface area (Å²) in [6.07, 6.45) is 5.07. The van der Waals surface area contributed by atoms with E-state index < -0.39 is 10.0 Å². The fourth-order valence-corrected chi connectivity index (χ4v) is 5.13. The smallest absolute Gasteiger partial charge is 0.244 e. The average Bonchev–Trinajstić information content (AvgIpc) is 3.14. The summed E-state index contributed by atoms with van der Waals surface area (Å²) in [7, 11) is -3.62. The Bertz CT molecular complexity index is 1090. The Morgan fingerprint density at radius 1 is 1.00 bits per heavy atom. The molecule has 4 rings (SSSR count). The summed E-state index contributed by atoms with van der Waals surface area (Å²) in [5, 5.41) is 0.237. The number of piperazine rings is 1. The molecule has 28 heavy (non-hydrogen) atoms. The molecule has 1 saturated heterocycles. The lowest BCUT2D eigenvalue weighted by molar-refractivity contribution is 0.384. The van der Waals surface area contributed by atoms with Crippen LogP contribution in [0.2, 0.25) is 5.02 Å². The fraction of sp³-hybridized carbons (Fsp3) is 0.278. The number of hydrogen-bond donors (Lipinski definition) is 0. The Morgan fingerprint density at radius 3 is 2.39 bits per heavy atom. The highest BCUT2D eigenvalue weighted by Crippen LogP contribution is 2.26. The normalized spacial score (nSPS) is 15.7. The minimum absolute atomic E-state index is 0.144. The van der Waals surface area contributed by atoms with Crippen LogP contribution in [-0.2, 0) is 10.0 Å². The molecule has 0 amide bonds. The lowest BCUT2D eigenvalue weighted by Crippen LogP contribution is -2.49. The molecular formula is C18H19ClN6O2S. The zero-order valence-corrected chi connectivity index (χ0v) is 16.8. The minimum atomic E-state index is -3.62. The molecule has 0 bridgehead atoms. The zero-order valence-electron chi connectivity index (χ0n) is 15.2. The Balaban J connectivity index is 1.51. The number of aryl methyl sites for hydroxylation is 1. The molecule has 3 aromatic rings. The second-order valence-electron chi connectivity index (χ2n) is 6.40. The van der Waals surface area contributed by atoms with E-state index in [4.69, 9.17) is 11.6 Å². The fourth-order valence-electron chi connectivity index (χ4n) is 3.21. The van der Waals surface area contributed by atoms with Crippen LogP contribution < -0.4 is 4.90 Å². The maximum absolute atomic E-state index is 12.9. The second-order valence-corrected chi connectivity index (χ2v) is 8.71. The summed E-state index contributed by atoms with van der Waals surface area (Å²) < 4.78 is 29.1. The summed E-state index contributed by atoms with van der Waals surface area (Å²) in [6, 6.07) is 8.40.